The highest BCUT2D eigenvalue weighted by Gasteiger charge is 2.11. The lowest BCUT2D eigenvalue weighted by Gasteiger charge is -2.07. The van der Waals surface area contributed by atoms with Gasteiger partial charge in [-0.2, -0.15) is 0 Å². The minimum atomic E-state index is -0.400. The van der Waals surface area contributed by atoms with Crippen LogP contribution in [-0.2, 0) is 9.53 Å². The highest BCUT2D eigenvalue weighted by molar-refractivity contribution is 8.00. The third-order valence-corrected chi connectivity index (χ3v) is 4.60. The van der Waals surface area contributed by atoms with Crippen LogP contribution in [0.15, 0.2) is 47.4 Å². The number of thioether (sulfide) groups is 1. The summed E-state index contributed by atoms with van der Waals surface area (Å²) in [4.78, 5) is 24.9. The summed E-state index contributed by atoms with van der Waals surface area (Å²) in [6.07, 6.45) is 0. The summed E-state index contributed by atoms with van der Waals surface area (Å²) < 4.78 is 10.1. The summed E-state index contributed by atoms with van der Waals surface area (Å²) in [5, 5.41) is 0. The van der Waals surface area contributed by atoms with Crippen LogP contribution >= 0.6 is 11.8 Å². The third kappa shape index (κ3) is 5.13. The molecule has 0 fully saturated rings. The fourth-order valence-corrected chi connectivity index (χ4v) is 2.97. The second-order valence-electron chi connectivity index (χ2n) is 5.37. The van der Waals surface area contributed by atoms with Crippen LogP contribution in [0.25, 0.3) is 0 Å². The molecule has 0 aliphatic carbocycles. The van der Waals surface area contributed by atoms with Gasteiger partial charge in [0, 0.05) is 10.5 Å². The van der Waals surface area contributed by atoms with Crippen LogP contribution in [0.4, 0.5) is 0 Å². The predicted octanol–water partition coefficient (Wildman–Crippen LogP) is 3.83. The molecule has 0 atom stereocenters. The average molecular weight is 344 g/mol. The first-order valence-electron chi connectivity index (χ1n) is 7.52. The van der Waals surface area contributed by atoms with Gasteiger partial charge in [-0.15, -0.1) is 11.8 Å². The van der Waals surface area contributed by atoms with Gasteiger partial charge in [0.15, 0.2) is 12.4 Å². The summed E-state index contributed by atoms with van der Waals surface area (Å²) >= 11 is 1.42. The highest BCUT2D eigenvalue weighted by Crippen LogP contribution is 2.23. The van der Waals surface area contributed by atoms with Crippen molar-refractivity contribution in [3.05, 3.63) is 59.2 Å². The van der Waals surface area contributed by atoms with Gasteiger partial charge >= 0.3 is 5.97 Å². The van der Waals surface area contributed by atoms with E-state index in [9.17, 15) is 9.59 Å². The van der Waals surface area contributed by atoms with Crippen LogP contribution in [0, 0.1) is 13.8 Å². The molecular formula is C19H20O4S. The van der Waals surface area contributed by atoms with Gasteiger partial charge in [-0.3, -0.25) is 9.59 Å². The standard InChI is InChI=1S/C19H20O4S/c1-13-4-5-14(2)18(10-13)24-12-19(21)23-11-17(20)15-6-8-16(22-3)9-7-15/h4-10H,11-12H2,1-3H3. The quantitative estimate of drug-likeness (QED) is 0.434. The smallest absolute Gasteiger partial charge is 0.316 e. The normalized spacial score (nSPS) is 10.3. The van der Waals surface area contributed by atoms with E-state index in [0.29, 0.717) is 11.3 Å². The fraction of sp³-hybridized carbons (Fsp3) is 0.263. The third-order valence-electron chi connectivity index (χ3n) is 3.47. The van der Waals surface area contributed by atoms with E-state index in [1.54, 1.807) is 31.4 Å². The molecule has 0 unspecified atom stereocenters. The number of methoxy groups -OCH3 is 1. The first-order valence-corrected chi connectivity index (χ1v) is 8.51. The maximum Gasteiger partial charge on any atom is 0.316 e. The molecule has 2 aromatic carbocycles. The molecule has 24 heavy (non-hydrogen) atoms. The zero-order valence-electron chi connectivity index (χ0n) is 14.0. The molecule has 2 rings (SSSR count). The highest BCUT2D eigenvalue weighted by atomic mass is 32.2. The molecule has 5 heteroatoms. The van der Waals surface area contributed by atoms with E-state index in [0.717, 1.165) is 16.0 Å². The number of ether oxygens (including phenoxy) is 2. The van der Waals surface area contributed by atoms with Gasteiger partial charge in [-0.05, 0) is 49.7 Å². The Morgan fingerprint density at radius 1 is 1.04 bits per heavy atom. The van der Waals surface area contributed by atoms with E-state index in [1.807, 2.05) is 32.0 Å². The second kappa shape index (κ2) is 8.55. The number of benzene rings is 2. The molecule has 0 radical (unpaired) electrons. The van der Waals surface area contributed by atoms with Crippen LogP contribution in [0.3, 0.4) is 0 Å². The van der Waals surface area contributed by atoms with Crippen molar-refractivity contribution in [1.29, 1.82) is 0 Å². The number of hydrogen-bond donors (Lipinski definition) is 0. The summed E-state index contributed by atoms with van der Waals surface area (Å²) in [5.41, 5.74) is 2.75. The van der Waals surface area contributed by atoms with Gasteiger partial charge in [0.25, 0.3) is 0 Å². The number of carbonyl (C=O) groups is 2. The van der Waals surface area contributed by atoms with Crippen molar-refractivity contribution in [1.82, 2.24) is 0 Å². The number of esters is 1. The molecule has 2 aromatic rings. The van der Waals surface area contributed by atoms with Crippen LogP contribution < -0.4 is 4.74 Å². The van der Waals surface area contributed by atoms with Gasteiger partial charge < -0.3 is 9.47 Å². The maximum absolute atomic E-state index is 12.0. The van der Waals surface area contributed by atoms with Crippen molar-refractivity contribution in [2.45, 2.75) is 18.7 Å². The molecule has 0 aromatic heterocycles. The molecule has 0 amide bonds. The molecule has 0 bridgehead atoms. The first-order chi connectivity index (χ1) is 11.5. The summed E-state index contributed by atoms with van der Waals surface area (Å²) in [7, 11) is 1.56. The molecule has 0 spiro atoms. The fourth-order valence-electron chi connectivity index (χ4n) is 2.05. The number of aryl methyl sites for hydroxylation is 2. The summed E-state index contributed by atoms with van der Waals surface area (Å²) in [6, 6.07) is 12.8. The Labute approximate surface area is 146 Å². The van der Waals surface area contributed by atoms with Crippen LogP contribution in [-0.4, -0.2) is 31.2 Å². The Bertz CT molecular complexity index is 723. The number of hydrogen-bond acceptors (Lipinski definition) is 5. The van der Waals surface area contributed by atoms with E-state index in [2.05, 4.69) is 0 Å². The van der Waals surface area contributed by atoms with Crippen molar-refractivity contribution < 1.29 is 19.1 Å². The van der Waals surface area contributed by atoms with Gasteiger partial charge in [-0.25, -0.2) is 0 Å². The van der Waals surface area contributed by atoms with Crippen molar-refractivity contribution in [3.8, 4) is 5.75 Å². The number of ketones is 1. The lowest BCUT2D eigenvalue weighted by Crippen LogP contribution is -2.15. The van der Waals surface area contributed by atoms with Crippen molar-refractivity contribution in [3.63, 3.8) is 0 Å². The number of Topliss-reactive ketones (excluding diaryl/α,β-unsaturated/α-hetero) is 1. The second-order valence-corrected chi connectivity index (χ2v) is 6.39. The van der Waals surface area contributed by atoms with Crippen molar-refractivity contribution in [2.24, 2.45) is 0 Å². The van der Waals surface area contributed by atoms with Crippen molar-refractivity contribution >= 4 is 23.5 Å². The molecule has 0 aliphatic heterocycles. The van der Waals surface area contributed by atoms with Gasteiger partial charge in [-0.1, -0.05) is 17.7 Å². The minimum absolute atomic E-state index is 0.181. The molecule has 4 nitrogen and oxygen atoms in total. The predicted molar refractivity (Wildman–Crippen MR) is 94.9 cm³/mol. The maximum atomic E-state index is 12.0. The Hall–Kier alpha value is -2.27. The Balaban J connectivity index is 1.82. The lowest BCUT2D eigenvalue weighted by molar-refractivity contribution is -0.139. The zero-order valence-corrected chi connectivity index (χ0v) is 14.8. The zero-order chi connectivity index (χ0) is 17.5. The molecule has 126 valence electrons. The topological polar surface area (TPSA) is 52.6 Å². The van der Waals surface area contributed by atoms with E-state index >= 15 is 0 Å². The Morgan fingerprint density at radius 3 is 2.42 bits per heavy atom. The van der Waals surface area contributed by atoms with Crippen LogP contribution in [0.1, 0.15) is 21.5 Å². The van der Waals surface area contributed by atoms with Gasteiger partial charge in [0.2, 0.25) is 0 Å². The van der Waals surface area contributed by atoms with Crippen LogP contribution in [0.2, 0.25) is 0 Å². The van der Waals surface area contributed by atoms with Crippen LogP contribution in [0.5, 0.6) is 5.75 Å². The molecular weight excluding hydrogens is 324 g/mol. The largest absolute Gasteiger partial charge is 0.497 e. The Morgan fingerprint density at radius 2 is 1.75 bits per heavy atom. The number of carbonyl (C=O) groups excluding carboxylic acids is 2. The molecule has 0 N–H and O–H groups in total. The summed E-state index contributed by atoms with van der Waals surface area (Å²) in [6.45, 7) is 3.76. The minimum Gasteiger partial charge on any atom is -0.497 e. The van der Waals surface area contributed by atoms with Crippen molar-refractivity contribution in [2.75, 3.05) is 19.5 Å². The monoisotopic (exact) mass is 344 g/mol. The summed E-state index contributed by atoms with van der Waals surface area (Å²) in [5.74, 6) is 0.221. The van der Waals surface area contributed by atoms with Gasteiger partial charge in [0.05, 0.1) is 12.9 Å². The SMILES string of the molecule is COc1ccc(C(=O)COC(=O)CSc2cc(C)ccc2C)cc1. The molecule has 0 aliphatic rings. The van der Waals surface area contributed by atoms with E-state index in [1.165, 1.54) is 11.8 Å². The molecule has 0 heterocycles. The average Bonchev–Trinajstić information content (AvgIpc) is 2.60. The Kier molecular flexibility index (Phi) is 6.44. The molecule has 0 saturated carbocycles. The van der Waals surface area contributed by atoms with E-state index in [-0.39, 0.29) is 18.1 Å². The van der Waals surface area contributed by atoms with E-state index in [4.69, 9.17) is 9.47 Å². The van der Waals surface area contributed by atoms with E-state index < -0.39 is 5.97 Å². The number of rotatable bonds is 7. The van der Waals surface area contributed by atoms with Gasteiger partial charge in [0.1, 0.15) is 5.75 Å². The molecule has 0 saturated heterocycles. The lowest BCUT2D eigenvalue weighted by atomic mass is 10.1. The first kappa shape index (κ1) is 18.1.